The van der Waals surface area contributed by atoms with Crippen molar-refractivity contribution in [1.82, 2.24) is 20.4 Å². The fraction of sp³-hybridized carbons (Fsp3) is 0.667. The lowest BCUT2D eigenvalue weighted by Crippen LogP contribution is -2.29. The molecule has 0 aromatic carbocycles. The number of amides is 2. The molecule has 1 aliphatic rings. The van der Waals surface area contributed by atoms with E-state index in [0.29, 0.717) is 17.7 Å². The molecule has 8 heteroatoms. The van der Waals surface area contributed by atoms with E-state index in [2.05, 4.69) is 20.4 Å². The summed E-state index contributed by atoms with van der Waals surface area (Å²) in [6.07, 6.45) is 3.70. The highest BCUT2D eigenvalue weighted by atomic mass is 32.2. The van der Waals surface area contributed by atoms with Gasteiger partial charge in [-0.25, -0.2) is 0 Å². The Balaban J connectivity index is 1.76. The van der Waals surface area contributed by atoms with E-state index < -0.39 is 0 Å². The quantitative estimate of drug-likeness (QED) is 0.805. The summed E-state index contributed by atoms with van der Waals surface area (Å²) in [4.78, 5) is 24.3. The van der Waals surface area contributed by atoms with Crippen LogP contribution in [0.1, 0.15) is 32.1 Å². The van der Waals surface area contributed by atoms with Crippen LogP contribution in [-0.4, -0.2) is 45.8 Å². The van der Waals surface area contributed by atoms with Crippen molar-refractivity contribution in [2.75, 3.05) is 18.8 Å². The van der Waals surface area contributed by atoms with Gasteiger partial charge in [-0.3, -0.25) is 19.8 Å². The van der Waals surface area contributed by atoms with Gasteiger partial charge < -0.3 is 4.42 Å². The van der Waals surface area contributed by atoms with Crippen molar-refractivity contribution in [3.05, 3.63) is 5.89 Å². The third-order valence-electron chi connectivity index (χ3n) is 2.90. The maximum Gasteiger partial charge on any atom is 0.277 e. The number of thioether (sulfide) groups is 1. The van der Waals surface area contributed by atoms with Crippen LogP contribution in [0.4, 0.5) is 0 Å². The second-order valence-corrected chi connectivity index (χ2v) is 5.62. The molecular formula is C12H18N4O3S. The average molecular weight is 298 g/mol. The Hall–Kier alpha value is -1.41. The summed E-state index contributed by atoms with van der Waals surface area (Å²) in [6, 6.07) is 0. The predicted octanol–water partition coefficient (Wildman–Crippen LogP) is 0.810. The third kappa shape index (κ3) is 4.93. The van der Waals surface area contributed by atoms with Crippen molar-refractivity contribution in [1.29, 1.82) is 0 Å². The van der Waals surface area contributed by atoms with Crippen LogP contribution in [0.15, 0.2) is 9.64 Å². The first-order valence-electron chi connectivity index (χ1n) is 6.61. The van der Waals surface area contributed by atoms with Gasteiger partial charge in [0.15, 0.2) is 0 Å². The molecule has 0 unspecified atom stereocenters. The Labute approximate surface area is 121 Å². The zero-order chi connectivity index (χ0) is 14.4. The molecule has 0 saturated carbocycles. The molecular weight excluding hydrogens is 280 g/mol. The summed E-state index contributed by atoms with van der Waals surface area (Å²) >= 11 is 1.13. The number of nitrogens with one attached hydrogen (secondary N) is 1. The largest absolute Gasteiger partial charge is 0.415 e. The molecule has 2 amide bonds. The number of imide groups is 1. The summed E-state index contributed by atoms with van der Waals surface area (Å²) in [5.41, 5.74) is 0. The first kappa shape index (κ1) is 15.0. The molecule has 0 aliphatic carbocycles. The van der Waals surface area contributed by atoms with Crippen LogP contribution in [0.3, 0.4) is 0 Å². The molecule has 0 atom stereocenters. The molecule has 0 spiro atoms. The van der Waals surface area contributed by atoms with Gasteiger partial charge in [0.2, 0.25) is 17.7 Å². The van der Waals surface area contributed by atoms with E-state index in [4.69, 9.17) is 4.42 Å². The minimum atomic E-state index is -0.369. The first-order chi connectivity index (χ1) is 9.63. The molecule has 1 saturated heterocycles. The molecule has 1 aromatic heterocycles. The molecule has 20 heavy (non-hydrogen) atoms. The topological polar surface area (TPSA) is 88.3 Å². The number of aromatic nitrogens is 2. The van der Waals surface area contributed by atoms with Crippen molar-refractivity contribution >= 4 is 23.6 Å². The van der Waals surface area contributed by atoms with E-state index in [1.54, 1.807) is 0 Å². The fourth-order valence-corrected chi connectivity index (χ4v) is 2.61. The van der Waals surface area contributed by atoms with Crippen LogP contribution in [0.5, 0.6) is 0 Å². The zero-order valence-electron chi connectivity index (χ0n) is 11.4. The van der Waals surface area contributed by atoms with E-state index >= 15 is 0 Å². The number of hydrogen-bond acceptors (Lipinski definition) is 7. The summed E-state index contributed by atoms with van der Waals surface area (Å²) < 4.78 is 5.48. The maximum absolute atomic E-state index is 11.3. The van der Waals surface area contributed by atoms with Crippen LogP contribution in [0.25, 0.3) is 0 Å². The third-order valence-corrected chi connectivity index (χ3v) is 3.72. The molecule has 1 aliphatic heterocycles. The van der Waals surface area contributed by atoms with E-state index in [1.807, 2.05) is 0 Å². The summed E-state index contributed by atoms with van der Waals surface area (Å²) in [5.74, 6) is -0.0724. The summed E-state index contributed by atoms with van der Waals surface area (Å²) in [7, 11) is 0. The smallest absolute Gasteiger partial charge is 0.277 e. The van der Waals surface area contributed by atoms with E-state index in [1.165, 1.54) is 26.2 Å². The lowest BCUT2D eigenvalue weighted by Gasteiger charge is -2.24. The number of carbonyl (C=O) groups excluding carboxylic acids is 2. The number of likely N-dealkylation sites (tertiary alicyclic amines) is 1. The van der Waals surface area contributed by atoms with E-state index in [9.17, 15) is 9.59 Å². The maximum atomic E-state index is 11.3. The van der Waals surface area contributed by atoms with Gasteiger partial charge in [-0.05, 0) is 25.9 Å². The van der Waals surface area contributed by atoms with Gasteiger partial charge in [-0.1, -0.05) is 18.2 Å². The van der Waals surface area contributed by atoms with Gasteiger partial charge in [0.25, 0.3) is 5.22 Å². The van der Waals surface area contributed by atoms with E-state index in [0.717, 1.165) is 24.9 Å². The molecule has 110 valence electrons. The second-order valence-electron chi connectivity index (χ2n) is 4.69. The van der Waals surface area contributed by atoms with Gasteiger partial charge in [-0.2, -0.15) is 0 Å². The highest BCUT2D eigenvalue weighted by molar-refractivity contribution is 7.99. The lowest BCUT2D eigenvalue weighted by atomic mass is 10.1. The average Bonchev–Trinajstić information content (AvgIpc) is 2.84. The van der Waals surface area contributed by atoms with Gasteiger partial charge in [0.1, 0.15) is 0 Å². The number of nitrogens with zero attached hydrogens (tertiary/aromatic N) is 3. The Kier molecular flexibility index (Phi) is 5.54. The minimum absolute atomic E-state index is 0.0882. The Morgan fingerprint density at radius 1 is 1.30 bits per heavy atom. The highest BCUT2D eigenvalue weighted by Gasteiger charge is 2.15. The Bertz CT molecular complexity index is 471. The molecule has 1 fully saturated rings. The van der Waals surface area contributed by atoms with Crippen LogP contribution in [0, 0.1) is 0 Å². The van der Waals surface area contributed by atoms with Crippen LogP contribution < -0.4 is 5.32 Å². The number of carbonyl (C=O) groups is 2. The lowest BCUT2D eigenvalue weighted by molar-refractivity contribution is -0.127. The van der Waals surface area contributed by atoms with E-state index in [-0.39, 0.29) is 17.6 Å². The first-order valence-corrected chi connectivity index (χ1v) is 7.60. The predicted molar refractivity (Wildman–Crippen MR) is 73.0 cm³/mol. The molecule has 0 bridgehead atoms. The van der Waals surface area contributed by atoms with Crippen molar-refractivity contribution in [2.45, 2.75) is 38.0 Å². The number of hydrogen-bond donors (Lipinski definition) is 1. The molecule has 1 aromatic rings. The molecule has 0 radical (unpaired) electrons. The summed E-state index contributed by atoms with van der Waals surface area (Å²) in [6.45, 7) is 4.08. The van der Waals surface area contributed by atoms with Gasteiger partial charge in [0.05, 0.1) is 12.3 Å². The number of piperidine rings is 1. The minimum Gasteiger partial charge on any atom is -0.415 e. The van der Waals surface area contributed by atoms with Crippen molar-refractivity contribution < 1.29 is 14.0 Å². The van der Waals surface area contributed by atoms with Crippen LogP contribution in [-0.2, 0) is 16.1 Å². The van der Waals surface area contributed by atoms with Crippen molar-refractivity contribution in [2.24, 2.45) is 0 Å². The zero-order valence-corrected chi connectivity index (χ0v) is 12.2. The molecule has 7 nitrogen and oxygen atoms in total. The Morgan fingerprint density at radius 2 is 2.05 bits per heavy atom. The van der Waals surface area contributed by atoms with Crippen LogP contribution in [0.2, 0.25) is 0 Å². The number of rotatable bonds is 5. The second kappa shape index (κ2) is 7.39. The van der Waals surface area contributed by atoms with Crippen molar-refractivity contribution in [3.63, 3.8) is 0 Å². The van der Waals surface area contributed by atoms with Crippen LogP contribution >= 0.6 is 11.8 Å². The van der Waals surface area contributed by atoms with Gasteiger partial charge in [-0.15, -0.1) is 10.2 Å². The molecule has 2 heterocycles. The molecule has 1 N–H and O–H groups in total. The normalized spacial score (nSPS) is 16.1. The van der Waals surface area contributed by atoms with Crippen molar-refractivity contribution in [3.8, 4) is 0 Å². The van der Waals surface area contributed by atoms with Gasteiger partial charge >= 0.3 is 0 Å². The SMILES string of the molecule is CC(=O)NC(=O)CSc1nnc(CN2CCCCC2)o1. The molecule has 2 rings (SSSR count). The standard InChI is InChI=1S/C12H18N4O3S/c1-9(17)13-10(18)8-20-12-15-14-11(19-12)7-16-5-3-2-4-6-16/h2-8H2,1H3,(H,13,17,18). The monoisotopic (exact) mass is 298 g/mol. The van der Waals surface area contributed by atoms with Gasteiger partial charge in [0, 0.05) is 6.92 Å². The fourth-order valence-electron chi connectivity index (χ4n) is 2.03. The highest BCUT2D eigenvalue weighted by Crippen LogP contribution is 2.18. The summed E-state index contributed by atoms with van der Waals surface area (Å²) in [5, 5.41) is 10.4. The Morgan fingerprint density at radius 3 is 2.75 bits per heavy atom.